The highest BCUT2D eigenvalue weighted by molar-refractivity contribution is 5.33. The monoisotopic (exact) mass is 289 g/mol. The largest absolute Gasteiger partial charge is 0.384 e. The van der Waals surface area contributed by atoms with E-state index in [4.69, 9.17) is 4.74 Å². The zero-order valence-corrected chi connectivity index (χ0v) is 12.6. The molecular weight excluding hydrogens is 266 g/mol. The Kier molecular flexibility index (Phi) is 5.50. The summed E-state index contributed by atoms with van der Waals surface area (Å²) in [5, 5.41) is 18.3. The van der Waals surface area contributed by atoms with Crippen LogP contribution in [-0.4, -0.2) is 41.7 Å². The Hall–Kier alpha value is -1.69. The van der Waals surface area contributed by atoms with Crippen molar-refractivity contribution in [1.29, 1.82) is 0 Å². The summed E-state index contributed by atoms with van der Waals surface area (Å²) < 4.78 is 6.77. The number of aromatic nitrogens is 2. The Bertz CT molecular complexity index is 537. The van der Waals surface area contributed by atoms with Crippen LogP contribution in [0.15, 0.2) is 42.6 Å². The highest BCUT2D eigenvalue weighted by Crippen LogP contribution is 2.25. The van der Waals surface area contributed by atoms with E-state index in [9.17, 15) is 5.11 Å². The van der Waals surface area contributed by atoms with Gasteiger partial charge in [-0.15, -0.1) is 0 Å². The molecule has 1 heterocycles. The molecule has 0 radical (unpaired) electrons. The van der Waals surface area contributed by atoms with Crippen molar-refractivity contribution in [2.24, 2.45) is 0 Å². The van der Waals surface area contributed by atoms with Crippen molar-refractivity contribution in [3.8, 4) is 5.69 Å². The van der Waals surface area contributed by atoms with Gasteiger partial charge >= 0.3 is 0 Å². The molecule has 2 aromatic rings. The number of nitrogens with one attached hydrogen (secondary N) is 1. The summed E-state index contributed by atoms with van der Waals surface area (Å²) in [5.41, 5.74) is 0.805. The van der Waals surface area contributed by atoms with E-state index in [1.165, 1.54) is 0 Å². The Morgan fingerprint density at radius 2 is 2.00 bits per heavy atom. The number of nitrogens with zero attached hydrogens (tertiary/aromatic N) is 2. The van der Waals surface area contributed by atoms with Gasteiger partial charge in [0.05, 0.1) is 18.0 Å². The minimum atomic E-state index is -0.938. The number of ether oxygens (including phenoxy) is 1. The van der Waals surface area contributed by atoms with E-state index >= 15 is 0 Å². The molecule has 1 aromatic heterocycles. The molecule has 1 unspecified atom stereocenters. The average molecular weight is 289 g/mol. The first kappa shape index (κ1) is 15.7. The van der Waals surface area contributed by atoms with E-state index in [-0.39, 0.29) is 0 Å². The molecular formula is C16H23N3O2. The number of para-hydroxylation sites is 1. The summed E-state index contributed by atoms with van der Waals surface area (Å²) >= 11 is 0. The third-order valence-corrected chi connectivity index (χ3v) is 3.47. The zero-order chi connectivity index (χ0) is 15.1. The lowest BCUT2D eigenvalue weighted by Crippen LogP contribution is -2.31. The van der Waals surface area contributed by atoms with Gasteiger partial charge in [-0.05, 0) is 38.1 Å². The summed E-state index contributed by atoms with van der Waals surface area (Å²) in [6.07, 6.45) is 2.32. The van der Waals surface area contributed by atoms with Crippen molar-refractivity contribution < 1.29 is 9.84 Å². The van der Waals surface area contributed by atoms with Gasteiger partial charge in [0.25, 0.3) is 0 Å². The number of rotatable bonds is 8. The molecule has 0 saturated carbocycles. The number of hydrogen-bond acceptors (Lipinski definition) is 4. The Balaban J connectivity index is 2.05. The molecule has 0 aliphatic rings. The van der Waals surface area contributed by atoms with Crippen molar-refractivity contribution in [2.45, 2.75) is 18.9 Å². The van der Waals surface area contributed by atoms with Gasteiger partial charge in [-0.2, -0.15) is 5.10 Å². The third kappa shape index (κ3) is 4.14. The predicted octanol–water partition coefficient (Wildman–Crippen LogP) is 1.71. The van der Waals surface area contributed by atoms with Crippen LogP contribution in [0.2, 0.25) is 0 Å². The summed E-state index contributed by atoms with van der Waals surface area (Å²) in [4.78, 5) is 0. The number of methoxy groups -OCH3 is 1. The maximum Gasteiger partial charge on any atom is 0.105 e. The summed E-state index contributed by atoms with van der Waals surface area (Å²) in [6, 6.07) is 11.7. The third-order valence-electron chi connectivity index (χ3n) is 3.47. The van der Waals surface area contributed by atoms with Crippen LogP contribution in [-0.2, 0) is 10.3 Å². The lowest BCUT2D eigenvalue weighted by Gasteiger charge is -2.24. The minimum absolute atomic E-state index is 0.606. The first-order valence-corrected chi connectivity index (χ1v) is 7.17. The maximum atomic E-state index is 10.7. The van der Waals surface area contributed by atoms with Gasteiger partial charge in [0.1, 0.15) is 5.60 Å². The van der Waals surface area contributed by atoms with E-state index < -0.39 is 5.60 Å². The molecule has 0 spiro atoms. The predicted molar refractivity (Wildman–Crippen MR) is 82.5 cm³/mol. The fraction of sp³-hybridized carbons (Fsp3) is 0.438. The second-order valence-corrected chi connectivity index (χ2v) is 5.23. The lowest BCUT2D eigenvalue weighted by atomic mass is 9.98. The quantitative estimate of drug-likeness (QED) is 0.726. The van der Waals surface area contributed by atoms with Crippen molar-refractivity contribution >= 4 is 0 Å². The molecule has 21 heavy (non-hydrogen) atoms. The molecule has 0 bridgehead atoms. The van der Waals surface area contributed by atoms with Crippen LogP contribution in [0, 0.1) is 0 Å². The molecule has 0 aliphatic carbocycles. The van der Waals surface area contributed by atoms with Gasteiger partial charge in [0, 0.05) is 19.9 Å². The summed E-state index contributed by atoms with van der Waals surface area (Å²) in [7, 11) is 1.68. The topological polar surface area (TPSA) is 59.3 Å². The lowest BCUT2D eigenvalue weighted by molar-refractivity contribution is 0.0406. The SMILES string of the molecule is COCCNCCC(C)(O)c1ccnn1-c1ccccc1. The molecule has 0 aliphatic heterocycles. The maximum absolute atomic E-state index is 10.7. The van der Waals surface area contributed by atoms with Gasteiger partial charge in [-0.3, -0.25) is 0 Å². The second kappa shape index (κ2) is 7.36. The van der Waals surface area contributed by atoms with Crippen molar-refractivity contribution in [3.05, 3.63) is 48.3 Å². The van der Waals surface area contributed by atoms with Gasteiger partial charge in [0.15, 0.2) is 0 Å². The Morgan fingerprint density at radius 1 is 1.24 bits per heavy atom. The molecule has 1 atom stereocenters. The fourth-order valence-electron chi connectivity index (χ4n) is 2.25. The Labute approximate surface area is 125 Å². The van der Waals surface area contributed by atoms with Crippen molar-refractivity contribution in [2.75, 3.05) is 26.8 Å². The highest BCUT2D eigenvalue weighted by Gasteiger charge is 2.27. The van der Waals surface area contributed by atoms with Gasteiger partial charge < -0.3 is 15.2 Å². The molecule has 1 aromatic carbocycles. The smallest absolute Gasteiger partial charge is 0.105 e. The van der Waals surface area contributed by atoms with Crippen LogP contribution in [0.4, 0.5) is 0 Å². The normalized spacial score (nSPS) is 14.0. The second-order valence-electron chi connectivity index (χ2n) is 5.23. The number of benzene rings is 1. The zero-order valence-electron chi connectivity index (χ0n) is 12.6. The van der Waals surface area contributed by atoms with Gasteiger partial charge in [-0.25, -0.2) is 4.68 Å². The van der Waals surface area contributed by atoms with E-state index in [1.807, 2.05) is 43.3 Å². The first-order valence-electron chi connectivity index (χ1n) is 7.17. The van der Waals surface area contributed by atoms with Gasteiger partial charge in [0.2, 0.25) is 0 Å². The average Bonchev–Trinajstić information content (AvgIpc) is 2.98. The molecule has 114 valence electrons. The van der Waals surface area contributed by atoms with E-state index in [2.05, 4.69) is 10.4 Å². The van der Waals surface area contributed by atoms with Gasteiger partial charge in [-0.1, -0.05) is 18.2 Å². The summed E-state index contributed by atoms with van der Waals surface area (Å²) in [6.45, 7) is 3.99. The summed E-state index contributed by atoms with van der Waals surface area (Å²) in [5.74, 6) is 0. The molecule has 2 rings (SSSR count). The van der Waals surface area contributed by atoms with Crippen molar-refractivity contribution in [3.63, 3.8) is 0 Å². The molecule has 5 nitrogen and oxygen atoms in total. The van der Waals surface area contributed by atoms with Crippen LogP contribution in [0.3, 0.4) is 0 Å². The number of hydrogen-bond donors (Lipinski definition) is 2. The van der Waals surface area contributed by atoms with Crippen LogP contribution in [0.5, 0.6) is 0 Å². The van der Waals surface area contributed by atoms with Crippen LogP contribution in [0.25, 0.3) is 5.69 Å². The molecule has 0 amide bonds. The molecule has 5 heteroatoms. The number of aliphatic hydroxyl groups is 1. The standard InChI is InChI=1S/C16H23N3O2/c1-16(20,9-11-17-12-13-21-2)15-8-10-18-19(15)14-6-4-3-5-7-14/h3-8,10,17,20H,9,11-13H2,1-2H3. The van der Waals surface area contributed by atoms with E-state index in [1.54, 1.807) is 18.0 Å². The van der Waals surface area contributed by atoms with Crippen LogP contribution in [0.1, 0.15) is 19.0 Å². The first-order chi connectivity index (χ1) is 10.1. The minimum Gasteiger partial charge on any atom is -0.384 e. The van der Waals surface area contributed by atoms with Crippen LogP contribution >= 0.6 is 0 Å². The fourth-order valence-corrected chi connectivity index (χ4v) is 2.25. The van der Waals surface area contributed by atoms with Crippen LogP contribution < -0.4 is 5.32 Å². The molecule has 2 N–H and O–H groups in total. The molecule has 0 saturated heterocycles. The highest BCUT2D eigenvalue weighted by atomic mass is 16.5. The molecule has 0 fully saturated rings. The van der Waals surface area contributed by atoms with Crippen molar-refractivity contribution in [1.82, 2.24) is 15.1 Å². The van der Waals surface area contributed by atoms with E-state index in [0.29, 0.717) is 13.0 Å². The van der Waals surface area contributed by atoms with E-state index in [0.717, 1.165) is 24.5 Å². The Morgan fingerprint density at radius 3 is 2.71 bits per heavy atom.